The van der Waals surface area contributed by atoms with Crippen molar-refractivity contribution in [3.05, 3.63) is 12.7 Å². The number of allylic oxidation sites excluding steroid dienone is 1. The van der Waals surface area contributed by atoms with Gasteiger partial charge in [-0.1, -0.05) is 19.4 Å². The summed E-state index contributed by atoms with van der Waals surface area (Å²) >= 11 is 0. The number of methoxy groups -OCH3 is 1. The molecule has 0 N–H and O–H groups in total. The van der Waals surface area contributed by atoms with Gasteiger partial charge in [0.2, 0.25) is 0 Å². The van der Waals surface area contributed by atoms with E-state index in [1.165, 1.54) is 6.42 Å². The number of carbonyl (C=O) groups is 1. The lowest BCUT2D eigenvalue weighted by atomic mass is 9.75. The lowest BCUT2D eigenvalue weighted by Gasteiger charge is -2.37. The van der Waals surface area contributed by atoms with Gasteiger partial charge in [0.25, 0.3) is 0 Å². The highest BCUT2D eigenvalue weighted by Crippen LogP contribution is 2.36. The van der Waals surface area contributed by atoms with E-state index in [1.54, 1.807) is 7.11 Å². The Balaban J connectivity index is 2.56. The molecule has 0 radical (unpaired) electrons. The number of unbranched alkanes of at least 4 members (excludes halogenated alkanes) is 1. The number of rotatable bonds is 6. The molecule has 1 aliphatic carbocycles. The molecule has 0 aromatic rings. The molecule has 1 aliphatic rings. The first kappa shape index (κ1) is 13.4. The van der Waals surface area contributed by atoms with Crippen molar-refractivity contribution in [3.63, 3.8) is 0 Å². The summed E-state index contributed by atoms with van der Waals surface area (Å²) in [5.41, 5.74) is -0.473. The van der Waals surface area contributed by atoms with Gasteiger partial charge < -0.3 is 4.74 Å². The Labute approximate surface area is 99.1 Å². The Morgan fingerprint density at radius 1 is 1.62 bits per heavy atom. The van der Waals surface area contributed by atoms with Crippen molar-refractivity contribution < 1.29 is 9.53 Å². The van der Waals surface area contributed by atoms with Crippen LogP contribution in [0.2, 0.25) is 0 Å². The fourth-order valence-corrected chi connectivity index (χ4v) is 2.69. The van der Waals surface area contributed by atoms with E-state index in [0.717, 1.165) is 32.1 Å². The Bertz CT molecular complexity index is 247. The summed E-state index contributed by atoms with van der Waals surface area (Å²) in [6.45, 7) is 5.89. The molecule has 1 fully saturated rings. The molecule has 0 aliphatic heterocycles. The van der Waals surface area contributed by atoms with Crippen molar-refractivity contribution in [1.82, 2.24) is 0 Å². The van der Waals surface area contributed by atoms with Crippen LogP contribution in [0, 0.1) is 5.92 Å². The average Bonchev–Trinajstić information content (AvgIpc) is 2.29. The number of ketones is 1. The Kier molecular flexibility index (Phi) is 5.20. The summed E-state index contributed by atoms with van der Waals surface area (Å²) in [4.78, 5) is 12.2. The Morgan fingerprint density at radius 3 is 2.94 bits per heavy atom. The van der Waals surface area contributed by atoms with E-state index < -0.39 is 5.60 Å². The number of hydrogen-bond acceptors (Lipinski definition) is 2. The van der Waals surface area contributed by atoms with E-state index in [4.69, 9.17) is 4.74 Å². The van der Waals surface area contributed by atoms with E-state index in [0.29, 0.717) is 18.1 Å². The molecule has 0 heterocycles. The number of ether oxygens (including phenoxy) is 1. The van der Waals surface area contributed by atoms with Gasteiger partial charge in [-0.15, -0.1) is 6.58 Å². The minimum absolute atomic E-state index is 0.295. The molecular weight excluding hydrogens is 200 g/mol. The van der Waals surface area contributed by atoms with Gasteiger partial charge in [-0.05, 0) is 38.0 Å². The molecule has 2 heteroatoms. The third-order valence-electron chi connectivity index (χ3n) is 3.67. The van der Waals surface area contributed by atoms with E-state index in [-0.39, 0.29) is 0 Å². The average molecular weight is 224 g/mol. The van der Waals surface area contributed by atoms with Gasteiger partial charge in [0.1, 0.15) is 5.60 Å². The smallest absolute Gasteiger partial charge is 0.164 e. The number of carbonyl (C=O) groups excluding carboxylic acids is 1. The standard InChI is InChI=1S/C14H24O2/c1-4-5-6-9-13(15)14(16-3)10-7-8-12(2)11-14/h4,12H,1,5-11H2,2-3H3. The first-order chi connectivity index (χ1) is 7.64. The Hall–Kier alpha value is -0.630. The van der Waals surface area contributed by atoms with Crippen LogP contribution in [0.25, 0.3) is 0 Å². The molecule has 2 atom stereocenters. The van der Waals surface area contributed by atoms with E-state index in [1.807, 2.05) is 6.08 Å². The summed E-state index contributed by atoms with van der Waals surface area (Å²) in [5, 5.41) is 0. The highest BCUT2D eigenvalue weighted by molar-refractivity contribution is 5.87. The highest BCUT2D eigenvalue weighted by Gasteiger charge is 2.40. The topological polar surface area (TPSA) is 26.3 Å². The molecule has 1 rings (SSSR count). The summed E-state index contributed by atoms with van der Waals surface area (Å²) < 4.78 is 5.57. The molecule has 0 bridgehead atoms. The van der Waals surface area contributed by atoms with Crippen molar-refractivity contribution in [3.8, 4) is 0 Å². The summed E-state index contributed by atoms with van der Waals surface area (Å²) in [5.74, 6) is 0.903. The van der Waals surface area contributed by atoms with E-state index in [2.05, 4.69) is 13.5 Å². The predicted octanol–water partition coefficient (Wildman–Crippen LogP) is 3.51. The second-order valence-electron chi connectivity index (χ2n) is 5.00. The van der Waals surface area contributed by atoms with Crippen LogP contribution < -0.4 is 0 Å². The molecule has 1 saturated carbocycles. The van der Waals surface area contributed by atoms with Gasteiger partial charge in [0.15, 0.2) is 5.78 Å². The van der Waals surface area contributed by atoms with Crippen molar-refractivity contribution in [2.24, 2.45) is 5.92 Å². The van der Waals surface area contributed by atoms with Crippen LogP contribution in [-0.4, -0.2) is 18.5 Å². The van der Waals surface area contributed by atoms with Crippen LogP contribution >= 0.6 is 0 Å². The predicted molar refractivity (Wildman–Crippen MR) is 66.4 cm³/mol. The van der Waals surface area contributed by atoms with Gasteiger partial charge in [0, 0.05) is 13.5 Å². The van der Waals surface area contributed by atoms with E-state index >= 15 is 0 Å². The molecule has 0 aromatic carbocycles. The second-order valence-corrected chi connectivity index (χ2v) is 5.00. The summed E-state index contributed by atoms with van der Waals surface area (Å²) in [7, 11) is 1.68. The molecule has 92 valence electrons. The molecular formula is C14H24O2. The molecule has 0 amide bonds. The zero-order valence-electron chi connectivity index (χ0n) is 10.6. The zero-order valence-corrected chi connectivity index (χ0v) is 10.6. The number of Topliss-reactive ketones (excluding diaryl/α,β-unsaturated/α-hetero) is 1. The Morgan fingerprint density at radius 2 is 2.38 bits per heavy atom. The maximum Gasteiger partial charge on any atom is 0.164 e. The maximum absolute atomic E-state index is 12.2. The summed E-state index contributed by atoms with van der Waals surface area (Å²) in [6.07, 6.45) is 8.47. The SMILES string of the molecule is C=CCCCC(=O)C1(OC)CCCC(C)C1. The van der Waals surface area contributed by atoms with Gasteiger partial charge >= 0.3 is 0 Å². The van der Waals surface area contributed by atoms with Gasteiger partial charge in [-0.25, -0.2) is 0 Å². The van der Waals surface area contributed by atoms with Crippen molar-refractivity contribution in [2.75, 3.05) is 7.11 Å². The van der Waals surface area contributed by atoms with Crippen LogP contribution in [0.15, 0.2) is 12.7 Å². The van der Waals surface area contributed by atoms with Gasteiger partial charge in [0.05, 0.1) is 0 Å². The van der Waals surface area contributed by atoms with Crippen LogP contribution in [0.4, 0.5) is 0 Å². The summed E-state index contributed by atoms with van der Waals surface area (Å²) in [6, 6.07) is 0. The van der Waals surface area contributed by atoms with Gasteiger partial charge in [-0.2, -0.15) is 0 Å². The minimum Gasteiger partial charge on any atom is -0.370 e. The van der Waals surface area contributed by atoms with Crippen LogP contribution in [-0.2, 0) is 9.53 Å². The van der Waals surface area contributed by atoms with E-state index in [9.17, 15) is 4.79 Å². The van der Waals surface area contributed by atoms with Crippen molar-refractivity contribution >= 4 is 5.78 Å². The molecule has 0 spiro atoms. The van der Waals surface area contributed by atoms with Crippen LogP contribution in [0.1, 0.15) is 51.9 Å². The molecule has 0 saturated heterocycles. The van der Waals surface area contributed by atoms with Crippen LogP contribution in [0.3, 0.4) is 0 Å². The third kappa shape index (κ3) is 3.18. The number of hydrogen-bond donors (Lipinski definition) is 0. The molecule has 2 nitrogen and oxygen atoms in total. The van der Waals surface area contributed by atoms with Crippen molar-refractivity contribution in [2.45, 2.75) is 57.5 Å². The minimum atomic E-state index is -0.473. The lowest BCUT2D eigenvalue weighted by Crippen LogP contribution is -2.44. The normalized spacial score (nSPS) is 30.0. The second kappa shape index (κ2) is 6.19. The van der Waals surface area contributed by atoms with Crippen molar-refractivity contribution in [1.29, 1.82) is 0 Å². The van der Waals surface area contributed by atoms with Crippen LogP contribution in [0.5, 0.6) is 0 Å². The quantitative estimate of drug-likeness (QED) is 0.510. The lowest BCUT2D eigenvalue weighted by molar-refractivity contribution is -0.147. The fraction of sp³-hybridized carbons (Fsp3) is 0.786. The first-order valence-corrected chi connectivity index (χ1v) is 6.34. The molecule has 2 unspecified atom stereocenters. The zero-order chi connectivity index (χ0) is 12.0. The highest BCUT2D eigenvalue weighted by atomic mass is 16.5. The molecule has 0 aromatic heterocycles. The van der Waals surface area contributed by atoms with Gasteiger partial charge in [-0.3, -0.25) is 4.79 Å². The monoisotopic (exact) mass is 224 g/mol. The third-order valence-corrected chi connectivity index (χ3v) is 3.67. The molecule has 16 heavy (non-hydrogen) atoms. The maximum atomic E-state index is 12.2. The fourth-order valence-electron chi connectivity index (χ4n) is 2.69. The first-order valence-electron chi connectivity index (χ1n) is 6.34. The largest absolute Gasteiger partial charge is 0.370 e.